The van der Waals surface area contributed by atoms with Gasteiger partial charge in [-0.25, -0.2) is 4.68 Å². The summed E-state index contributed by atoms with van der Waals surface area (Å²) < 4.78 is 1.81. The molecule has 0 bridgehead atoms. The minimum atomic E-state index is -0.755. The molecule has 1 saturated carbocycles. The van der Waals surface area contributed by atoms with E-state index in [1.54, 1.807) is 23.2 Å². The number of carbonyl (C=O) groups excluding carboxylic acids is 1. The minimum Gasteiger partial charge on any atom is -0.481 e. The smallest absolute Gasteiger partial charge is 0.311 e. The number of rotatable bonds is 3. The number of likely N-dealkylation sites (tertiary alicyclic amines) is 1. The monoisotopic (exact) mass is 339 g/mol. The van der Waals surface area contributed by atoms with E-state index in [0.717, 1.165) is 24.2 Å². The number of fused-ring (bicyclic) bond motifs is 1. The molecule has 0 radical (unpaired) electrons. The van der Waals surface area contributed by atoms with Gasteiger partial charge in [-0.3, -0.25) is 9.59 Å². The first kappa shape index (κ1) is 15.9. The number of carbonyl (C=O) groups is 2. The van der Waals surface area contributed by atoms with Gasteiger partial charge in [0.2, 0.25) is 0 Å². The maximum Gasteiger partial charge on any atom is 0.311 e. The summed E-state index contributed by atoms with van der Waals surface area (Å²) in [7, 11) is 0. The van der Waals surface area contributed by atoms with Crippen molar-refractivity contribution in [3.8, 4) is 5.69 Å². The van der Waals surface area contributed by atoms with E-state index in [4.69, 9.17) is 0 Å². The molecule has 0 unspecified atom stereocenters. The second-order valence-electron chi connectivity index (χ2n) is 7.17. The molecule has 1 N–H and O–H groups in total. The third-order valence-corrected chi connectivity index (χ3v) is 5.77. The van der Waals surface area contributed by atoms with E-state index in [1.165, 1.54) is 0 Å². The number of nitrogens with zero attached hydrogens (tertiary/aromatic N) is 3. The summed E-state index contributed by atoms with van der Waals surface area (Å²) in [4.78, 5) is 26.3. The fourth-order valence-electron chi connectivity index (χ4n) is 4.36. The van der Waals surface area contributed by atoms with Crippen molar-refractivity contribution in [3.05, 3.63) is 47.8 Å². The van der Waals surface area contributed by atoms with Crippen molar-refractivity contribution in [2.45, 2.75) is 26.2 Å². The van der Waals surface area contributed by atoms with Gasteiger partial charge in [0.05, 0.1) is 11.1 Å². The standard InChI is InChI=1S/C19H21N3O3/c1-13-8-10-20-22(13)16-6-4-14(5-7-16)17(23)21-11-15-3-2-9-19(15,12-21)18(24)25/h4-8,10,15H,2-3,9,11-12H2,1H3,(H,24,25)/t15-,19+/m0/s1. The summed E-state index contributed by atoms with van der Waals surface area (Å²) in [5.74, 6) is -0.756. The summed E-state index contributed by atoms with van der Waals surface area (Å²) in [5.41, 5.74) is 1.78. The SMILES string of the molecule is Cc1ccnn1-c1ccc(C(=O)N2C[C@@H]3CCC[C@@]3(C(=O)O)C2)cc1. The maximum absolute atomic E-state index is 12.8. The lowest BCUT2D eigenvalue weighted by molar-refractivity contribution is -0.149. The van der Waals surface area contributed by atoms with Gasteiger partial charge in [0.1, 0.15) is 0 Å². The third kappa shape index (κ3) is 2.44. The lowest BCUT2D eigenvalue weighted by Gasteiger charge is -2.23. The van der Waals surface area contributed by atoms with E-state index < -0.39 is 11.4 Å². The molecule has 25 heavy (non-hydrogen) atoms. The largest absolute Gasteiger partial charge is 0.481 e. The summed E-state index contributed by atoms with van der Waals surface area (Å²) in [6.45, 7) is 2.84. The molecule has 6 nitrogen and oxygen atoms in total. The van der Waals surface area contributed by atoms with Crippen LogP contribution in [-0.4, -0.2) is 44.8 Å². The summed E-state index contributed by atoms with van der Waals surface area (Å²) in [5, 5.41) is 13.9. The molecule has 2 aromatic rings. The highest BCUT2D eigenvalue weighted by atomic mass is 16.4. The van der Waals surface area contributed by atoms with Gasteiger partial charge in [0, 0.05) is 30.5 Å². The van der Waals surface area contributed by atoms with E-state index in [1.807, 2.05) is 29.8 Å². The number of aromatic nitrogens is 2. The molecular weight excluding hydrogens is 318 g/mol. The Morgan fingerprint density at radius 2 is 2.00 bits per heavy atom. The number of aryl methyl sites for hydroxylation is 1. The number of hydrogen-bond acceptors (Lipinski definition) is 3. The normalized spacial score (nSPS) is 25.2. The summed E-state index contributed by atoms with van der Waals surface area (Å²) in [6.07, 6.45) is 4.25. The van der Waals surface area contributed by atoms with Crippen LogP contribution in [0.3, 0.4) is 0 Å². The van der Waals surface area contributed by atoms with E-state index in [-0.39, 0.29) is 11.8 Å². The zero-order valence-corrected chi connectivity index (χ0v) is 14.2. The molecule has 4 rings (SSSR count). The molecule has 1 aliphatic heterocycles. The average molecular weight is 339 g/mol. The van der Waals surface area contributed by atoms with Crippen molar-refractivity contribution in [3.63, 3.8) is 0 Å². The lowest BCUT2D eigenvalue weighted by Crippen LogP contribution is -2.37. The van der Waals surface area contributed by atoms with Crippen LogP contribution in [0.5, 0.6) is 0 Å². The molecule has 130 valence electrons. The second-order valence-corrected chi connectivity index (χ2v) is 7.17. The molecule has 1 aromatic carbocycles. The Balaban J connectivity index is 1.54. The summed E-state index contributed by atoms with van der Waals surface area (Å²) in [6, 6.07) is 9.25. The first-order valence-corrected chi connectivity index (χ1v) is 8.65. The second kappa shape index (κ2) is 5.72. The summed E-state index contributed by atoms with van der Waals surface area (Å²) >= 11 is 0. The van der Waals surface area contributed by atoms with Gasteiger partial charge in [0.15, 0.2) is 0 Å². The highest BCUT2D eigenvalue weighted by molar-refractivity contribution is 5.95. The van der Waals surface area contributed by atoms with E-state index in [0.29, 0.717) is 25.1 Å². The molecule has 2 atom stereocenters. The Morgan fingerprint density at radius 3 is 2.60 bits per heavy atom. The zero-order chi connectivity index (χ0) is 17.6. The van der Waals surface area contributed by atoms with Gasteiger partial charge in [-0.15, -0.1) is 0 Å². The molecule has 1 amide bonds. The van der Waals surface area contributed by atoms with Crippen molar-refractivity contribution in [2.24, 2.45) is 11.3 Å². The molecule has 2 fully saturated rings. The Labute approximate surface area is 146 Å². The Hall–Kier alpha value is -2.63. The van der Waals surface area contributed by atoms with Crippen LogP contribution >= 0.6 is 0 Å². The van der Waals surface area contributed by atoms with Crippen LogP contribution in [0.2, 0.25) is 0 Å². The predicted molar refractivity (Wildman–Crippen MR) is 91.6 cm³/mol. The molecule has 0 spiro atoms. The fraction of sp³-hybridized carbons (Fsp3) is 0.421. The quantitative estimate of drug-likeness (QED) is 0.932. The van der Waals surface area contributed by atoms with Crippen molar-refractivity contribution >= 4 is 11.9 Å². The predicted octanol–water partition coefficient (Wildman–Crippen LogP) is 2.51. The van der Waals surface area contributed by atoms with Crippen LogP contribution < -0.4 is 0 Å². The first-order valence-electron chi connectivity index (χ1n) is 8.65. The van der Waals surface area contributed by atoms with Gasteiger partial charge >= 0.3 is 5.97 Å². The van der Waals surface area contributed by atoms with Crippen molar-refractivity contribution in [1.82, 2.24) is 14.7 Å². The minimum absolute atomic E-state index is 0.0833. The van der Waals surface area contributed by atoms with Crippen LogP contribution in [0.1, 0.15) is 35.3 Å². The lowest BCUT2D eigenvalue weighted by atomic mass is 9.81. The molecular formula is C19H21N3O3. The topological polar surface area (TPSA) is 75.4 Å². The number of hydrogen-bond donors (Lipinski definition) is 1. The Morgan fingerprint density at radius 1 is 1.24 bits per heavy atom. The van der Waals surface area contributed by atoms with Crippen LogP contribution in [0.4, 0.5) is 0 Å². The van der Waals surface area contributed by atoms with Crippen LogP contribution in [0.15, 0.2) is 36.5 Å². The molecule has 2 heterocycles. The molecule has 6 heteroatoms. The van der Waals surface area contributed by atoms with Crippen molar-refractivity contribution < 1.29 is 14.7 Å². The van der Waals surface area contributed by atoms with E-state index in [2.05, 4.69) is 5.10 Å². The molecule has 1 aromatic heterocycles. The van der Waals surface area contributed by atoms with Gasteiger partial charge in [-0.2, -0.15) is 5.10 Å². The van der Waals surface area contributed by atoms with E-state index >= 15 is 0 Å². The van der Waals surface area contributed by atoms with Gasteiger partial charge < -0.3 is 10.0 Å². The molecule has 1 saturated heterocycles. The highest BCUT2D eigenvalue weighted by Gasteiger charge is 2.55. The maximum atomic E-state index is 12.8. The van der Waals surface area contributed by atoms with Gasteiger partial charge in [-0.05, 0) is 56.0 Å². The molecule has 1 aliphatic carbocycles. The Bertz CT molecular complexity index is 827. The highest BCUT2D eigenvalue weighted by Crippen LogP contribution is 2.49. The average Bonchev–Trinajstić information content (AvgIpc) is 3.28. The number of amides is 1. The van der Waals surface area contributed by atoms with Crippen molar-refractivity contribution in [2.75, 3.05) is 13.1 Å². The fourth-order valence-corrected chi connectivity index (χ4v) is 4.36. The Kier molecular flexibility index (Phi) is 3.63. The van der Waals surface area contributed by atoms with Crippen LogP contribution in [0, 0.1) is 18.3 Å². The first-order chi connectivity index (χ1) is 12.0. The zero-order valence-electron chi connectivity index (χ0n) is 14.2. The van der Waals surface area contributed by atoms with E-state index in [9.17, 15) is 14.7 Å². The van der Waals surface area contributed by atoms with Crippen molar-refractivity contribution in [1.29, 1.82) is 0 Å². The molecule has 2 aliphatic rings. The number of aliphatic carboxylic acids is 1. The number of carboxylic acid groups (broad SMARTS) is 1. The van der Waals surface area contributed by atoms with Crippen LogP contribution in [-0.2, 0) is 4.79 Å². The number of carboxylic acids is 1. The van der Waals surface area contributed by atoms with Gasteiger partial charge in [-0.1, -0.05) is 6.42 Å². The van der Waals surface area contributed by atoms with Gasteiger partial charge in [0.25, 0.3) is 5.91 Å². The number of benzene rings is 1. The third-order valence-electron chi connectivity index (χ3n) is 5.77. The van der Waals surface area contributed by atoms with Crippen LogP contribution in [0.25, 0.3) is 5.69 Å².